The van der Waals surface area contributed by atoms with Crippen molar-refractivity contribution in [2.45, 2.75) is 19.1 Å². The summed E-state index contributed by atoms with van der Waals surface area (Å²) >= 11 is 0. The number of esters is 1. The summed E-state index contributed by atoms with van der Waals surface area (Å²) in [5.41, 5.74) is 13.2. The highest BCUT2D eigenvalue weighted by Crippen LogP contribution is 2.50. The first-order valence-electron chi connectivity index (χ1n) is 16.8. The second kappa shape index (κ2) is 11.1. The largest absolute Gasteiger partial charge is 0.459 e. The number of carbonyl (C=O) groups is 1. The summed E-state index contributed by atoms with van der Waals surface area (Å²) < 4.78 is 12.1. The van der Waals surface area contributed by atoms with Gasteiger partial charge in [-0.05, 0) is 95.1 Å². The van der Waals surface area contributed by atoms with Gasteiger partial charge in [-0.25, -0.2) is 4.79 Å². The average molecular weight is 651 g/mol. The van der Waals surface area contributed by atoms with Crippen molar-refractivity contribution >= 4 is 51.6 Å². The Morgan fingerprint density at radius 1 is 0.520 bits per heavy atom. The van der Waals surface area contributed by atoms with Crippen LogP contribution in [-0.4, -0.2) is 17.4 Å². The van der Waals surface area contributed by atoms with E-state index in [-0.39, 0.29) is 5.57 Å². The fourth-order valence-electron chi connectivity index (χ4n) is 7.84. The number of anilines is 6. The fraction of sp³-hybridized carbons (Fsp3) is 0.0682. The summed E-state index contributed by atoms with van der Waals surface area (Å²) in [6.45, 7) is 0. The molecule has 6 nitrogen and oxygen atoms in total. The van der Waals surface area contributed by atoms with Gasteiger partial charge in [0.2, 0.25) is 6.29 Å². The van der Waals surface area contributed by atoms with E-state index in [2.05, 4.69) is 107 Å². The van der Waals surface area contributed by atoms with Crippen LogP contribution in [0, 0.1) is 0 Å². The van der Waals surface area contributed by atoms with E-state index in [0.29, 0.717) is 17.1 Å². The number of nitrogens with zero attached hydrogens (tertiary/aromatic N) is 2. The third-order valence-corrected chi connectivity index (χ3v) is 10.0. The van der Waals surface area contributed by atoms with Crippen molar-refractivity contribution in [3.05, 3.63) is 190 Å². The highest BCUT2D eigenvalue weighted by atomic mass is 16.6. The van der Waals surface area contributed by atoms with Gasteiger partial charge in [-0.1, -0.05) is 72.8 Å². The minimum Gasteiger partial charge on any atom is -0.459 e. The van der Waals surface area contributed by atoms with Crippen LogP contribution in [0.3, 0.4) is 0 Å². The number of hydrogen-bond acceptors (Lipinski definition) is 6. The highest BCUT2D eigenvalue weighted by Gasteiger charge is 2.45. The van der Waals surface area contributed by atoms with Crippen molar-refractivity contribution in [1.82, 2.24) is 0 Å². The zero-order valence-corrected chi connectivity index (χ0v) is 26.9. The Kier molecular flexibility index (Phi) is 6.35. The molecule has 0 radical (unpaired) electrons. The van der Waals surface area contributed by atoms with Crippen LogP contribution < -0.4 is 9.80 Å². The summed E-state index contributed by atoms with van der Waals surface area (Å²) in [5, 5.41) is 11.3. The predicted molar refractivity (Wildman–Crippen MR) is 195 cm³/mol. The van der Waals surface area contributed by atoms with Gasteiger partial charge in [0.1, 0.15) is 17.1 Å². The Morgan fingerprint density at radius 2 is 0.980 bits per heavy atom. The number of rotatable bonds is 4. The predicted octanol–water partition coefficient (Wildman–Crippen LogP) is 9.46. The van der Waals surface area contributed by atoms with Crippen molar-refractivity contribution in [2.24, 2.45) is 0 Å². The third-order valence-electron chi connectivity index (χ3n) is 10.0. The lowest BCUT2D eigenvalue weighted by Crippen LogP contribution is -2.18. The van der Waals surface area contributed by atoms with Crippen LogP contribution in [0.1, 0.15) is 33.4 Å². The molecule has 0 saturated heterocycles. The van der Waals surface area contributed by atoms with Crippen molar-refractivity contribution in [1.29, 1.82) is 0 Å². The Labute approximate surface area is 289 Å². The summed E-state index contributed by atoms with van der Waals surface area (Å²) in [4.78, 5) is 18.1. The molecule has 4 aliphatic rings. The molecule has 0 fully saturated rings. The lowest BCUT2D eigenvalue weighted by molar-refractivity contribution is -0.130. The van der Waals surface area contributed by atoms with Crippen molar-refractivity contribution in [3.63, 3.8) is 0 Å². The van der Waals surface area contributed by atoms with Gasteiger partial charge in [0, 0.05) is 58.1 Å². The van der Waals surface area contributed by atoms with Gasteiger partial charge in [-0.2, -0.15) is 0 Å². The Bertz CT molecular complexity index is 2430. The molecule has 4 heterocycles. The minimum absolute atomic E-state index is 0.276. The minimum atomic E-state index is -1.34. The van der Waals surface area contributed by atoms with Crippen LogP contribution in [0.4, 0.5) is 34.1 Å². The van der Waals surface area contributed by atoms with Crippen LogP contribution in [0.15, 0.2) is 157 Å². The number of cyclic esters (lactones) is 1. The monoisotopic (exact) mass is 650 g/mol. The molecule has 1 N–H and O–H groups in total. The number of aliphatic hydroxyl groups is 1. The molecule has 6 heteroatoms. The Balaban J connectivity index is 1.06. The molecule has 0 aliphatic carbocycles. The van der Waals surface area contributed by atoms with E-state index in [0.717, 1.165) is 69.2 Å². The molecule has 0 aromatic heterocycles. The Hall–Kier alpha value is -6.37. The Morgan fingerprint density at radius 3 is 1.52 bits per heavy atom. The van der Waals surface area contributed by atoms with Gasteiger partial charge in [-0.15, -0.1) is 0 Å². The molecule has 6 aromatic carbocycles. The first-order valence-corrected chi connectivity index (χ1v) is 16.8. The number of carbonyl (C=O) groups excluding carboxylic acids is 1. The van der Waals surface area contributed by atoms with Crippen LogP contribution in [0.5, 0.6) is 0 Å². The van der Waals surface area contributed by atoms with Crippen molar-refractivity contribution in [3.8, 4) is 0 Å². The molecule has 10 rings (SSSR count). The van der Waals surface area contributed by atoms with E-state index >= 15 is 0 Å². The molecule has 1 unspecified atom stereocenters. The number of fused-ring (bicyclic) bond motifs is 5. The lowest BCUT2D eigenvalue weighted by Gasteiger charge is -2.33. The van der Waals surface area contributed by atoms with Crippen LogP contribution in [0.2, 0.25) is 0 Å². The SMILES string of the molecule is O=C1OC(c2ccc3c(c2)Cc2ccccc2N3c2ccccc2)=C2C1=C(c1ccc3c(c1)Cc1ccccc1N3c1ccccc1)OC2O. The third kappa shape index (κ3) is 4.35. The lowest BCUT2D eigenvalue weighted by atomic mass is 9.92. The highest BCUT2D eigenvalue weighted by molar-refractivity contribution is 6.11. The van der Waals surface area contributed by atoms with Gasteiger partial charge >= 0.3 is 5.97 Å². The zero-order valence-electron chi connectivity index (χ0n) is 26.9. The van der Waals surface area contributed by atoms with E-state index < -0.39 is 12.3 Å². The van der Waals surface area contributed by atoms with Gasteiger partial charge in [0.25, 0.3) is 0 Å². The maximum absolute atomic E-state index is 13.6. The number of benzene rings is 6. The van der Waals surface area contributed by atoms with Gasteiger partial charge in [0.15, 0.2) is 0 Å². The van der Waals surface area contributed by atoms with Crippen LogP contribution in [0.25, 0.3) is 11.5 Å². The molecule has 50 heavy (non-hydrogen) atoms. The summed E-state index contributed by atoms with van der Waals surface area (Å²) in [5.74, 6) is 0.148. The first-order chi connectivity index (χ1) is 24.6. The smallest absolute Gasteiger partial charge is 0.348 e. The molecular formula is C44H30N2O4. The molecule has 1 atom stereocenters. The quantitative estimate of drug-likeness (QED) is 0.192. The molecule has 0 spiro atoms. The molecule has 240 valence electrons. The van der Waals surface area contributed by atoms with E-state index in [1.165, 1.54) is 11.1 Å². The summed E-state index contributed by atoms with van der Waals surface area (Å²) in [6.07, 6.45) is 0.117. The van der Waals surface area contributed by atoms with Crippen LogP contribution in [-0.2, 0) is 27.1 Å². The normalized spacial score (nSPS) is 17.1. The molecule has 0 saturated carbocycles. The standard InChI is InChI=1S/C44H30N2O4/c47-43-39-40(42(50-43)30-20-22-38-32(26-30)24-28-12-8-10-18-36(28)46(38)34-15-5-2-6-16-34)44(48)49-41(39)29-19-21-37-31(25-29)23-27-11-7-9-17-35(27)45(37)33-13-3-1-4-14-33/h1-22,25-26,43,47H,23-24H2. The number of aliphatic hydroxyl groups excluding tert-OH is 1. The topological polar surface area (TPSA) is 62.2 Å². The first kappa shape index (κ1) is 28.6. The van der Waals surface area contributed by atoms with E-state index in [1.807, 2.05) is 48.5 Å². The second-order valence-electron chi connectivity index (χ2n) is 12.9. The molecule has 6 aromatic rings. The summed E-state index contributed by atoms with van der Waals surface area (Å²) in [6, 6.07) is 49.6. The number of para-hydroxylation sites is 4. The van der Waals surface area contributed by atoms with E-state index in [4.69, 9.17) is 9.47 Å². The van der Waals surface area contributed by atoms with Gasteiger partial charge in [-0.3, -0.25) is 0 Å². The molecule has 0 bridgehead atoms. The number of hydrogen-bond donors (Lipinski definition) is 1. The fourth-order valence-corrected chi connectivity index (χ4v) is 7.84. The van der Waals surface area contributed by atoms with Crippen molar-refractivity contribution < 1.29 is 19.4 Å². The maximum Gasteiger partial charge on any atom is 0.348 e. The number of ether oxygens (including phenoxy) is 2. The van der Waals surface area contributed by atoms with Crippen LogP contribution >= 0.6 is 0 Å². The molecule has 4 aliphatic heterocycles. The average Bonchev–Trinajstić information content (AvgIpc) is 3.70. The maximum atomic E-state index is 13.6. The molecular weight excluding hydrogens is 620 g/mol. The van der Waals surface area contributed by atoms with E-state index in [1.54, 1.807) is 0 Å². The second-order valence-corrected chi connectivity index (χ2v) is 12.9. The zero-order chi connectivity index (χ0) is 33.3. The van der Waals surface area contributed by atoms with Gasteiger partial charge in [0.05, 0.1) is 5.57 Å². The van der Waals surface area contributed by atoms with Gasteiger partial charge < -0.3 is 24.4 Å². The van der Waals surface area contributed by atoms with E-state index in [9.17, 15) is 9.90 Å². The van der Waals surface area contributed by atoms with Crippen molar-refractivity contribution in [2.75, 3.05) is 9.80 Å². The molecule has 0 amide bonds. The summed E-state index contributed by atoms with van der Waals surface area (Å²) in [7, 11) is 0.